The summed E-state index contributed by atoms with van der Waals surface area (Å²) in [7, 11) is 1.58. The summed E-state index contributed by atoms with van der Waals surface area (Å²) in [6.07, 6.45) is 1.36. The lowest BCUT2D eigenvalue weighted by atomic mass is 10.0. The molecule has 2 fully saturated rings. The molecule has 11 heteroatoms. The van der Waals surface area contributed by atoms with E-state index in [4.69, 9.17) is 18.9 Å². The van der Waals surface area contributed by atoms with Crippen LogP contribution in [0, 0.1) is 0 Å². The molecule has 1 atom stereocenters. The fraction of sp³-hybridized carbons (Fsp3) is 0.316. The first-order valence-corrected chi connectivity index (χ1v) is 16.7. The number of nitrogens with one attached hydrogen (secondary N) is 2. The Balaban J connectivity index is 0.998. The number of nitrogens with zero attached hydrogens (tertiary/aromatic N) is 2. The Morgan fingerprint density at radius 2 is 1.65 bits per heavy atom. The molecule has 2 amide bonds. The number of hydrogen-bond donors (Lipinski definition) is 3. The van der Waals surface area contributed by atoms with Gasteiger partial charge in [0, 0.05) is 31.7 Å². The first-order valence-electron chi connectivity index (χ1n) is 16.7. The van der Waals surface area contributed by atoms with Crippen molar-refractivity contribution in [1.82, 2.24) is 4.90 Å². The fourth-order valence-electron chi connectivity index (χ4n) is 6.59. The quantitative estimate of drug-likeness (QED) is 0.171. The van der Waals surface area contributed by atoms with Crippen LogP contribution in [-0.4, -0.2) is 81.2 Å². The molecule has 3 N–H and O–H groups in total. The second-order valence-electron chi connectivity index (χ2n) is 12.4. The molecule has 2 saturated heterocycles. The third kappa shape index (κ3) is 7.22. The maximum absolute atomic E-state index is 13.3. The molecule has 0 bridgehead atoms. The second kappa shape index (κ2) is 14.4. The van der Waals surface area contributed by atoms with Gasteiger partial charge in [-0.3, -0.25) is 4.79 Å². The highest BCUT2D eigenvalue weighted by Crippen LogP contribution is 2.38. The number of carbonyl (C=O) groups is 2. The summed E-state index contributed by atoms with van der Waals surface area (Å²) in [5.41, 5.74) is 6.75. The van der Waals surface area contributed by atoms with E-state index in [1.54, 1.807) is 7.11 Å². The van der Waals surface area contributed by atoms with Crippen molar-refractivity contribution in [3.8, 4) is 28.4 Å². The predicted molar refractivity (Wildman–Crippen MR) is 188 cm³/mol. The van der Waals surface area contributed by atoms with Gasteiger partial charge in [-0.05, 0) is 90.2 Å². The Labute approximate surface area is 285 Å². The van der Waals surface area contributed by atoms with Crippen LogP contribution in [0.3, 0.4) is 0 Å². The van der Waals surface area contributed by atoms with Crippen LogP contribution in [0.25, 0.3) is 11.1 Å². The first-order chi connectivity index (χ1) is 23.9. The first kappa shape index (κ1) is 32.1. The molecule has 49 heavy (non-hydrogen) atoms. The number of amides is 2. The van der Waals surface area contributed by atoms with Gasteiger partial charge in [-0.1, -0.05) is 18.2 Å². The smallest absolute Gasteiger partial charge is 0.407 e. The van der Waals surface area contributed by atoms with Crippen LogP contribution >= 0.6 is 0 Å². The predicted octanol–water partition coefficient (Wildman–Crippen LogP) is 6.65. The van der Waals surface area contributed by atoms with Gasteiger partial charge in [0.1, 0.15) is 12.4 Å². The standard InChI is InChI=1S/C38H40N4O7/c1-46-36-23-27(6-13-35(36)49-24-29-3-2-15-42(29)38(44)45)26-5-11-31-33(22-26)39-32-12-4-25(21-34(32)40-37(31)43)14-18-48-30-9-7-28(8-10-30)41-16-19-47-20-17-41/h4-13,21-23,29,39H,2-3,14-20,24H2,1H3,(H,40,43)(H,44,45)/t29-/m1/s1. The lowest BCUT2D eigenvalue weighted by Crippen LogP contribution is -2.38. The van der Waals surface area contributed by atoms with Crippen molar-refractivity contribution >= 4 is 34.7 Å². The van der Waals surface area contributed by atoms with Gasteiger partial charge in [0.15, 0.2) is 11.5 Å². The molecular formula is C38H40N4O7. The molecular weight excluding hydrogens is 624 g/mol. The maximum atomic E-state index is 13.3. The summed E-state index contributed by atoms with van der Waals surface area (Å²) in [6.45, 7) is 4.59. The van der Waals surface area contributed by atoms with Crippen molar-refractivity contribution in [2.24, 2.45) is 0 Å². The topological polar surface area (TPSA) is 122 Å². The fourth-order valence-corrected chi connectivity index (χ4v) is 6.59. The molecule has 0 radical (unpaired) electrons. The molecule has 0 unspecified atom stereocenters. The summed E-state index contributed by atoms with van der Waals surface area (Å²) < 4.78 is 23.1. The number of hydrogen-bond acceptors (Lipinski definition) is 8. The number of morpholine rings is 1. The summed E-state index contributed by atoms with van der Waals surface area (Å²) >= 11 is 0. The summed E-state index contributed by atoms with van der Waals surface area (Å²) in [5, 5.41) is 16.0. The number of carboxylic acid groups (broad SMARTS) is 1. The summed E-state index contributed by atoms with van der Waals surface area (Å²) in [5.74, 6) is 1.73. The Bertz CT molecular complexity index is 1820. The molecule has 3 aliphatic rings. The van der Waals surface area contributed by atoms with E-state index in [2.05, 4.69) is 27.7 Å². The van der Waals surface area contributed by atoms with Crippen LogP contribution in [-0.2, 0) is 11.2 Å². The minimum atomic E-state index is -0.922. The molecule has 0 spiro atoms. The van der Waals surface area contributed by atoms with Crippen LogP contribution in [0.5, 0.6) is 17.2 Å². The largest absolute Gasteiger partial charge is 0.493 e. The van der Waals surface area contributed by atoms with Crippen molar-refractivity contribution < 1.29 is 33.6 Å². The van der Waals surface area contributed by atoms with Gasteiger partial charge < -0.3 is 44.5 Å². The van der Waals surface area contributed by atoms with E-state index in [0.29, 0.717) is 48.0 Å². The second-order valence-corrected chi connectivity index (χ2v) is 12.4. The molecule has 7 rings (SSSR count). The SMILES string of the molecule is COc1cc(-c2ccc3c(c2)Nc2ccc(CCOc4ccc(N5CCOCC5)cc4)cc2NC3=O)ccc1OC[C@H]1CCCN1C(=O)O. The van der Waals surface area contributed by atoms with E-state index in [9.17, 15) is 14.7 Å². The van der Waals surface area contributed by atoms with Gasteiger partial charge in [0.2, 0.25) is 0 Å². The summed E-state index contributed by atoms with van der Waals surface area (Å²) in [6, 6.07) is 25.3. The highest BCUT2D eigenvalue weighted by Gasteiger charge is 2.29. The molecule has 4 aromatic rings. The highest BCUT2D eigenvalue weighted by atomic mass is 16.5. The Hall–Kier alpha value is -5.42. The van der Waals surface area contributed by atoms with Gasteiger partial charge in [0.05, 0.1) is 55.6 Å². The van der Waals surface area contributed by atoms with Crippen molar-refractivity contribution in [2.75, 3.05) is 68.7 Å². The number of methoxy groups -OCH3 is 1. The molecule has 0 aromatic heterocycles. The van der Waals surface area contributed by atoms with E-state index in [1.165, 1.54) is 10.6 Å². The van der Waals surface area contributed by atoms with Gasteiger partial charge in [-0.15, -0.1) is 0 Å². The minimum absolute atomic E-state index is 0.181. The van der Waals surface area contributed by atoms with Crippen LogP contribution in [0.15, 0.2) is 78.9 Å². The van der Waals surface area contributed by atoms with E-state index < -0.39 is 6.09 Å². The molecule has 4 aromatic carbocycles. The van der Waals surface area contributed by atoms with Crippen LogP contribution in [0.4, 0.5) is 27.5 Å². The maximum Gasteiger partial charge on any atom is 0.407 e. The van der Waals surface area contributed by atoms with Crippen LogP contribution in [0.2, 0.25) is 0 Å². The Morgan fingerprint density at radius 3 is 2.45 bits per heavy atom. The van der Waals surface area contributed by atoms with Crippen molar-refractivity contribution in [3.63, 3.8) is 0 Å². The number of ether oxygens (including phenoxy) is 4. The molecule has 254 valence electrons. The Morgan fingerprint density at radius 1 is 0.857 bits per heavy atom. The van der Waals surface area contributed by atoms with E-state index in [-0.39, 0.29) is 18.6 Å². The van der Waals surface area contributed by atoms with Crippen molar-refractivity contribution in [3.05, 3.63) is 90.0 Å². The van der Waals surface area contributed by atoms with E-state index in [1.807, 2.05) is 66.7 Å². The number of rotatable bonds is 10. The van der Waals surface area contributed by atoms with Crippen molar-refractivity contribution in [2.45, 2.75) is 25.3 Å². The van der Waals surface area contributed by atoms with Gasteiger partial charge in [-0.2, -0.15) is 0 Å². The van der Waals surface area contributed by atoms with Gasteiger partial charge in [-0.25, -0.2) is 4.79 Å². The van der Waals surface area contributed by atoms with Crippen molar-refractivity contribution in [1.29, 1.82) is 0 Å². The molecule has 11 nitrogen and oxygen atoms in total. The average molecular weight is 665 g/mol. The lowest BCUT2D eigenvalue weighted by molar-refractivity contribution is 0.102. The van der Waals surface area contributed by atoms with E-state index in [0.717, 1.165) is 67.3 Å². The zero-order valence-electron chi connectivity index (χ0n) is 27.4. The number of benzene rings is 4. The number of likely N-dealkylation sites (tertiary alicyclic amines) is 1. The third-order valence-electron chi connectivity index (χ3n) is 9.29. The number of anilines is 4. The average Bonchev–Trinajstić information content (AvgIpc) is 3.56. The van der Waals surface area contributed by atoms with Gasteiger partial charge >= 0.3 is 6.09 Å². The third-order valence-corrected chi connectivity index (χ3v) is 9.29. The minimum Gasteiger partial charge on any atom is -0.493 e. The Kier molecular flexibility index (Phi) is 9.42. The summed E-state index contributed by atoms with van der Waals surface area (Å²) in [4.78, 5) is 28.5. The monoisotopic (exact) mass is 664 g/mol. The van der Waals surface area contributed by atoms with E-state index >= 15 is 0 Å². The molecule has 0 aliphatic carbocycles. The zero-order valence-corrected chi connectivity index (χ0v) is 27.4. The number of carbonyl (C=O) groups excluding carboxylic acids is 1. The highest BCUT2D eigenvalue weighted by molar-refractivity contribution is 6.12. The van der Waals surface area contributed by atoms with Crippen LogP contribution in [0.1, 0.15) is 28.8 Å². The lowest BCUT2D eigenvalue weighted by Gasteiger charge is -2.28. The van der Waals surface area contributed by atoms with Gasteiger partial charge in [0.25, 0.3) is 5.91 Å². The van der Waals surface area contributed by atoms with Crippen LogP contribution < -0.4 is 29.7 Å². The molecule has 0 saturated carbocycles. The number of fused-ring (bicyclic) bond motifs is 2. The molecule has 3 aliphatic heterocycles. The molecule has 3 heterocycles. The normalized spacial score (nSPS) is 16.9. The zero-order chi connectivity index (χ0) is 33.7.